The summed E-state index contributed by atoms with van der Waals surface area (Å²) in [7, 11) is -3.82. The van der Waals surface area contributed by atoms with Crippen LogP contribution in [0.2, 0.25) is 0 Å². The highest BCUT2D eigenvalue weighted by atomic mass is 32.2. The fourth-order valence-electron chi connectivity index (χ4n) is 4.23. The molecule has 1 amide bonds. The number of allylic oxidation sites excluding steroid dienone is 2. The van der Waals surface area contributed by atoms with Gasteiger partial charge in [0.15, 0.2) is 5.78 Å². The lowest BCUT2D eigenvalue weighted by atomic mass is 9.70. The Morgan fingerprint density at radius 1 is 1.10 bits per heavy atom. The van der Waals surface area contributed by atoms with E-state index in [0.29, 0.717) is 24.1 Å². The van der Waals surface area contributed by atoms with E-state index in [1.165, 1.54) is 12.1 Å². The first-order valence-corrected chi connectivity index (χ1v) is 11.7. The largest absolute Gasteiger partial charge is 0.294 e. The zero-order valence-corrected chi connectivity index (χ0v) is 17.8. The van der Waals surface area contributed by atoms with Crippen molar-refractivity contribution in [1.29, 1.82) is 0 Å². The van der Waals surface area contributed by atoms with E-state index in [4.69, 9.17) is 5.14 Å². The molecule has 0 saturated heterocycles. The number of hydrogen-bond donors (Lipinski definition) is 1. The van der Waals surface area contributed by atoms with Gasteiger partial charge in [0.2, 0.25) is 15.9 Å². The lowest BCUT2D eigenvalue weighted by Gasteiger charge is -2.42. The molecule has 2 heterocycles. The summed E-state index contributed by atoms with van der Waals surface area (Å²) in [6.45, 7) is 4.05. The lowest BCUT2D eigenvalue weighted by molar-refractivity contribution is -0.120. The van der Waals surface area contributed by atoms with Gasteiger partial charge in [-0.25, -0.2) is 13.6 Å². The van der Waals surface area contributed by atoms with Crippen LogP contribution in [0.5, 0.6) is 0 Å². The summed E-state index contributed by atoms with van der Waals surface area (Å²) >= 11 is 1.55. The summed E-state index contributed by atoms with van der Waals surface area (Å²) < 4.78 is 23.1. The fourth-order valence-corrected chi connectivity index (χ4v) is 5.58. The molecule has 152 valence electrons. The number of nitrogens with two attached hydrogens (primary N) is 1. The third-order valence-corrected chi connectivity index (χ3v) is 7.37. The minimum Gasteiger partial charge on any atom is -0.294 e. The SMILES string of the molecule is CC1(C)CC(=O)C2=C(C1)N(c1ccc(S(N)(=O)=O)cc1)C(=O)CC2c1cccs1. The Bertz CT molecular complexity index is 1110. The standard InChI is InChI=1S/C21H22N2O4S2/c1-21(2)11-16-20(17(24)12-21)15(18-4-3-9-28-18)10-19(25)23(16)13-5-7-14(8-6-13)29(22,26)27/h3-9,15H,10-12H2,1-2H3,(H2,22,26,27). The summed E-state index contributed by atoms with van der Waals surface area (Å²) in [6.07, 6.45) is 1.25. The van der Waals surface area contributed by atoms with Crippen molar-refractivity contribution in [1.82, 2.24) is 0 Å². The van der Waals surface area contributed by atoms with Gasteiger partial charge in [-0.15, -0.1) is 11.3 Å². The maximum absolute atomic E-state index is 13.2. The Balaban J connectivity index is 1.86. The number of benzene rings is 1. The molecule has 1 aliphatic heterocycles. The number of nitrogens with zero attached hydrogens (tertiary/aromatic N) is 1. The molecule has 0 spiro atoms. The van der Waals surface area contributed by atoms with Gasteiger partial charge in [-0.3, -0.25) is 14.5 Å². The third-order valence-electron chi connectivity index (χ3n) is 5.45. The number of rotatable bonds is 3. The van der Waals surface area contributed by atoms with E-state index >= 15 is 0 Å². The summed E-state index contributed by atoms with van der Waals surface area (Å²) in [6, 6.07) is 9.81. The molecule has 1 aromatic heterocycles. The normalized spacial score (nSPS) is 22.0. The average molecular weight is 431 g/mol. The molecule has 1 unspecified atom stereocenters. The van der Waals surface area contributed by atoms with E-state index in [2.05, 4.69) is 0 Å². The molecule has 1 aromatic carbocycles. The van der Waals surface area contributed by atoms with Crippen molar-refractivity contribution in [2.24, 2.45) is 10.6 Å². The number of hydrogen-bond acceptors (Lipinski definition) is 5. The highest BCUT2D eigenvalue weighted by molar-refractivity contribution is 7.89. The van der Waals surface area contributed by atoms with Crippen LogP contribution in [0, 0.1) is 5.41 Å². The van der Waals surface area contributed by atoms with Gasteiger partial charge in [-0.05, 0) is 47.5 Å². The molecule has 1 atom stereocenters. The molecule has 0 bridgehead atoms. The quantitative estimate of drug-likeness (QED) is 0.805. The van der Waals surface area contributed by atoms with Crippen LogP contribution in [0.15, 0.2) is 57.9 Å². The number of thiophene rings is 1. The van der Waals surface area contributed by atoms with Gasteiger partial charge in [0.25, 0.3) is 0 Å². The number of carbonyl (C=O) groups excluding carboxylic acids is 2. The maximum atomic E-state index is 13.2. The molecule has 2 N–H and O–H groups in total. The zero-order valence-electron chi connectivity index (χ0n) is 16.2. The van der Waals surface area contributed by atoms with E-state index in [1.807, 2.05) is 31.4 Å². The smallest absolute Gasteiger partial charge is 0.238 e. The Kier molecular flexibility index (Phi) is 4.76. The van der Waals surface area contributed by atoms with Crippen LogP contribution in [0.4, 0.5) is 5.69 Å². The van der Waals surface area contributed by atoms with Crippen molar-refractivity contribution in [3.63, 3.8) is 0 Å². The van der Waals surface area contributed by atoms with Crippen molar-refractivity contribution < 1.29 is 18.0 Å². The Morgan fingerprint density at radius 2 is 1.79 bits per heavy atom. The lowest BCUT2D eigenvalue weighted by Crippen LogP contribution is -2.43. The van der Waals surface area contributed by atoms with Crippen LogP contribution in [-0.2, 0) is 19.6 Å². The second-order valence-electron chi connectivity index (χ2n) is 8.34. The van der Waals surface area contributed by atoms with Gasteiger partial charge < -0.3 is 0 Å². The van der Waals surface area contributed by atoms with Crippen molar-refractivity contribution in [2.75, 3.05) is 4.90 Å². The second-order valence-corrected chi connectivity index (χ2v) is 10.9. The highest BCUT2D eigenvalue weighted by Crippen LogP contribution is 2.48. The van der Waals surface area contributed by atoms with Crippen LogP contribution in [0.3, 0.4) is 0 Å². The first-order valence-electron chi connectivity index (χ1n) is 9.32. The second kappa shape index (κ2) is 6.90. The van der Waals surface area contributed by atoms with Gasteiger partial charge in [0.05, 0.1) is 4.90 Å². The van der Waals surface area contributed by atoms with E-state index in [1.54, 1.807) is 28.4 Å². The molecule has 1 aliphatic carbocycles. The zero-order chi connectivity index (χ0) is 21.0. The van der Waals surface area contributed by atoms with Crippen molar-refractivity contribution in [3.8, 4) is 0 Å². The van der Waals surface area contributed by atoms with E-state index < -0.39 is 10.0 Å². The monoisotopic (exact) mass is 430 g/mol. The van der Waals surface area contributed by atoms with Gasteiger partial charge in [-0.1, -0.05) is 19.9 Å². The van der Waals surface area contributed by atoms with E-state index in [-0.39, 0.29) is 34.3 Å². The van der Waals surface area contributed by atoms with E-state index in [9.17, 15) is 18.0 Å². The van der Waals surface area contributed by atoms with Crippen LogP contribution in [0.1, 0.15) is 43.9 Å². The predicted octanol–water partition coefficient (Wildman–Crippen LogP) is 3.56. The van der Waals surface area contributed by atoms with Gasteiger partial charge in [0, 0.05) is 40.6 Å². The Labute approximate surface area is 174 Å². The maximum Gasteiger partial charge on any atom is 0.238 e. The Morgan fingerprint density at radius 3 is 2.38 bits per heavy atom. The van der Waals surface area contributed by atoms with Crippen LogP contribution >= 0.6 is 11.3 Å². The summed E-state index contributed by atoms with van der Waals surface area (Å²) in [4.78, 5) is 28.9. The van der Waals surface area contributed by atoms with Crippen LogP contribution < -0.4 is 10.0 Å². The van der Waals surface area contributed by atoms with Gasteiger partial charge >= 0.3 is 0 Å². The molecule has 0 radical (unpaired) electrons. The van der Waals surface area contributed by atoms with Crippen molar-refractivity contribution >= 4 is 38.7 Å². The molecular weight excluding hydrogens is 408 g/mol. The number of Topliss-reactive ketones (excluding diaryl/α,β-unsaturated/α-hetero) is 1. The first kappa shape index (κ1) is 20.0. The van der Waals surface area contributed by atoms with Crippen LogP contribution in [0.25, 0.3) is 0 Å². The molecule has 0 fully saturated rings. The molecule has 0 saturated carbocycles. The van der Waals surface area contributed by atoms with Crippen molar-refractivity contribution in [2.45, 2.75) is 43.9 Å². The molecule has 6 nitrogen and oxygen atoms in total. The number of ketones is 1. The number of sulfonamides is 1. The molecule has 2 aliphatic rings. The number of primary sulfonamides is 1. The molecule has 8 heteroatoms. The molecular formula is C21H22N2O4S2. The first-order chi connectivity index (χ1) is 13.6. The topological polar surface area (TPSA) is 97.5 Å². The van der Waals surface area contributed by atoms with E-state index in [0.717, 1.165) is 10.6 Å². The minimum atomic E-state index is -3.82. The number of carbonyl (C=O) groups is 2. The predicted molar refractivity (Wildman–Crippen MR) is 112 cm³/mol. The van der Waals surface area contributed by atoms with Crippen molar-refractivity contribution in [3.05, 3.63) is 57.9 Å². The fraction of sp³-hybridized carbons (Fsp3) is 0.333. The molecule has 4 rings (SSSR count). The molecule has 29 heavy (non-hydrogen) atoms. The molecule has 2 aromatic rings. The minimum absolute atomic E-state index is 0.0172. The third kappa shape index (κ3) is 3.68. The summed E-state index contributed by atoms with van der Waals surface area (Å²) in [5.41, 5.74) is 1.72. The van der Waals surface area contributed by atoms with Gasteiger partial charge in [-0.2, -0.15) is 0 Å². The summed E-state index contributed by atoms with van der Waals surface area (Å²) in [5, 5.41) is 7.14. The summed E-state index contributed by atoms with van der Waals surface area (Å²) in [5.74, 6) is -0.245. The highest BCUT2D eigenvalue weighted by Gasteiger charge is 2.44. The Hall–Kier alpha value is -2.29. The van der Waals surface area contributed by atoms with Crippen LogP contribution in [-0.4, -0.2) is 20.1 Å². The van der Waals surface area contributed by atoms with Gasteiger partial charge in [0.1, 0.15) is 0 Å². The number of anilines is 1. The average Bonchev–Trinajstić information content (AvgIpc) is 3.13. The number of amides is 1.